The van der Waals surface area contributed by atoms with Crippen LogP contribution in [0.1, 0.15) is 83.1 Å². The summed E-state index contributed by atoms with van der Waals surface area (Å²) in [4.78, 5) is 28.7. The molecule has 0 bridgehead atoms. The third-order valence-electron chi connectivity index (χ3n) is 8.28. The van der Waals surface area contributed by atoms with Gasteiger partial charge in [0, 0.05) is 18.5 Å². The van der Waals surface area contributed by atoms with Gasteiger partial charge in [-0.2, -0.15) is 0 Å². The van der Waals surface area contributed by atoms with Crippen LogP contribution in [-0.4, -0.2) is 39.0 Å². The van der Waals surface area contributed by atoms with Crippen LogP contribution < -0.4 is 10.1 Å². The van der Waals surface area contributed by atoms with Crippen molar-refractivity contribution in [3.05, 3.63) is 138 Å². The number of nitrogens with one attached hydrogen (secondary N) is 1. The maximum atomic E-state index is 13.3. The van der Waals surface area contributed by atoms with Crippen LogP contribution in [0.15, 0.2) is 115 Å². The number of allylic oxidation sites excluding steroid dienone is 4. The molecule has 0 saturated carbocycles. The molecule has 4 aromatic carbocycles. The van der Waals surface area contributed by atoms with Gasteiger partial charge in [-0.25, -0.2) is 4.98 Å². The maximum Gasteiger partial charge on any atom is 0.303 e. The van der Waals surface area contributed by atoms with Gasteiger partial charge in [-0.05, 0) is 90.9 Å². The highest BCUT2D eigenvalue weighted by Crippen LogP contribution is 2.25. The first kappa shape index (κ1) is 42.0. The van der Waals surface area contributed by atoms with Gasteiger partial charge in [-0.3, -0.25) is 9.59 Å². The minimum atomic E-state index is -0.818. The van der Waals surface area contributed by atoms with Crippen LogP contribution in [0.3, 0.4) is 0 Å². The lowest BCUT2D eigenvalue weighted by Gasteiger charge is -2.17. The summed E-state index contributed by atoms with van der Waals surface area (Å²) in [5.41, 5.74) is 6.09. The standard InChI is InChI=1S/C39H39N3O4.C4H7Cl.C2H6/c1-4-27(2)36-25-42(26-38(43)40-28(3)34-12-7-10-32-9-5-6-11-35(32)34)37(41-36)23-16-29-14-17-30(18-15-29)31-19-21-33(22-20-31)46-24-8-13-39(44)45;1-2-3-4-5;1-2/h4-7,9-12,14-23,25,28H,8,13,24,26H2,1-3H3,(H,40,43)(H,44,45);2-3H,4H2,1H3;1-2H3/b23-16+,27-4+;3-2+;. The van der Waals surface area contributed by atoms with Crippen molar-refractivity contribution in [2.45, 2.75) is 67.0 Å². The molecule has 8 heteroatoms. The van der Waals surface area contributed by atoms with Crippen LogP contribution >= 0.6 is 11.6 Å². The van der Waals surface area contributed by atoms with E-state index in [0.29, 0.717) is 30.5 Å². The van der Waals surface area contributed by atoms with E-state index >= 15 is 0 Å². The van der Waals surface area contributed by atoms with Crippen LogP contribution in [0.2, 0.25) is 0 Å². The highest BCUT2D eigenvalue weighted by Gasteiger charge is 2.15. The summed E-state index contributed by atoms with van der Waals surface area (Å²) in [6, 6.07) is 30.2. The molecule has 1 atom stereocenters. The molecular weight excluding hydrogens is 682 g/mol. The van der Waals surface area contributed by atoms with E-state index in [1.54, 1.807) is 0 Å². The van der Waals surface area contributed by atoms with Crippen molar-refractivity contribution in [3.8, 4) is 16.9 Å². The first-order valence-electron chi connectivity index (χ1n) is 18.1. The van der Waals surface area contributed by atoms with Gasteiger partial charge in [0.1, 0.15) is 18.1 Å². The summed E-state index contributed by atoms with van der Waals surface area (Å²) in [5.74, 6) is 1.15. The Morgan fingerprint density at radius 3 is 2.21 bits per heavy atom. The van der Waals surface area contributed by atoms with E-state index < -0.39 is 5.97 Å². The number of rotatable bonds is 14. The number of amides is 1. The Labute approximate surface area is 319 Å². The summed E-state index contributed by atoms with van der Waals surface area (Å²) in [6.07, 6.45) is 12.3. The van der Waals surface area contributed by atoms with Gasteiger partial charge in [0.05, 0.1) is 18.3 Å². The van der Waals surface area contributed by atoms with Crippen molar-refractivity contribution in [2.24, 2.45) is 0 Å². The number of halogens is 1. The molecule has 278 valence electrons. The number of hydrogen-bond donors (Lipinski definition) is 2. The monoisotopic (exact) mass is 733 g/mol. The molecule has 0 spiro atoms. The molecule has 0 aliphatic heterocycles. The van der Waals surface area contributed by atoms with Gasteiger partial charge >= 0.3 is 5.97 Å². The molecule has 5 aromatic rings. The number of ether oxygens (including phenoxy) is 1. The van der Waals surface area contributed by atoms with Crippen LogP contribution in [0.4, 0.5) is 0 Å². The number of nitrogens with zero attached hydrogens (tertiary/aromatic N) is 2. The van der Waals surface area contributed by atoms with E-state index in [1.807, 2.05) is 137 Å². The van der Waals surface area contributed by atoms with Crippen molar-refractivity contribution in [1.29, 1.82) is 0 Å². The number of aliphatic carboxylic acids is 1. The van der Waals surface area contributed by atoms with Gasteiger partial charge in [-0.1, -0.05) is 117 Å². The van der Waals surface area contributed by atoms with Crippen LogP contribution in [-0.2, 0) is 16.1 Å². The SMILES string of the molecule is C/C=C(\C)c1cn(CC(=O)NC(C)c2cccc3ccccc23)c(/C=C/c2ccc(-c3ccc(OCCCC(=O)O)cc3)cc2)n1.C/C=C/CCl.CC. The van der Waals surface area contributed by atoms with Crippen molar-refractivity contribution < 1.29 is 19.4 Å². The van der Waals surface area contributed by atoms with Crippen LogP contribution in [0.25, 0.3) is 39.6 Å². The Morgan fingerprint density at radius 1 is 0.925 bits per heavy atom. The molecule has 5 rings (SSSR count). The molecule has 1 unspecified atom stereocenters. The molecule has 0 aliphatic rings. The smallest absolute Gasteiger partial charge is 0.303 e. The van der Waals surface area contributed by atoms with Gasteiger partial charge < -0.3 is 19.7 Å². The summed E-state index contributed by atoms with van der Waals surface area (Å²) in [7, 11) is 0. The Morgan fingerprint density at radius 2 is 1.58 bits per heavy atom. The molecule has 53 heavy (non-hydrogen) atoms. The van der Waals surface area contributed by atoms with Crippen molar-refractivity contribution in [1.82, 2.24) is 14.9 Å². The number of imidazole rings is 1. The Balaban J connectivity index is 0.000000996. The zero-order valence-electron chi connectivity index (χ0n) is 31.7. The Bertz CT molecular complexity index is 1970. The fourth-order valence-electron chi connectivity index (χ4n) is 5.38. The van der Waals surface area contributed by atoms with Crippen LogP contribution in [0, 0.1) is 0 Å². The number of carbonyl (C=O) groups is 2. The Kier molecular flexibility index (Phi) is 17.9. The minimum Gasteiger partial charge on any atom is -0.494 e. The molecule has 0 aliphatic carbocycles. The van der Waals surface area contributed by atoms with Gasteiger partial charge in [0.15, 0.2) is 0 Å². The maximum absolute atomic E-state index is 13.3. The zero-order chi connectivity index (χ0) is 38.6. The summed E-state index contributed by atoms with van der Waals surface area (Å²) in [5, 5.41) is 14.2. The second-order valence-electron chi connectivity index (χ2n) is 12.0. The summed E-state index contributed by atoms with van der Waals surface area (Å²) >= 11 is 5.21. The molecule has 1 aromatic heterocycles. The predicted molar refractivity (Wildman–Crippen MR) is 222 cm³/mol. The van der Waals surface area contributed by atoms with E-state index in [4.69, 9.17) is 26.4 Å². The number of carboxylic acids is 1. The average molecular weight is 734 g/mol. The van der Waals surface area contributed by atoms with Crippen molar-refractivity contribution >= 4 is 52.0 Å². The van der Waals surface area contributed by atoms with E-state index in [-0.39, 0.29) is 24.9 Å². The molecule has 7 nitrogen and oxygen atoms in total. The average Bonchev–Trinajstić information content (AvgIpc) is 3.58. The normalized spacial score (nSPS) is 11.8. The molecule has 0 radical (unpaired) electrons. The fraction of sp³-hybridized carbons (Fsp3) is 0.267. The third kappa shape index (κ3) is 13.3. The summed E-state index contributed by atoms with van der Waals surface area (Å²) < 4.78 is 7.54. The first-order valence-corrected chi connectivity index (χ1v) is 18.6. The second-order valence-corrected chi connectivity index (χ2v) is 12.3. The quantitative estimate of drug-likeness (QED) is 0.0673. The number of alkyl halides is 1. The molecule has 2 N–H and O–H groups in total. The van der Waals surface area contributed by atoms with E-state index in [0.717, 1.165) is 44.3 Å². The molecule has 0 saturated heterocycles. The van der Waals surface area contributed by atoms with Gasteiger partial charge in [0.25, 0.3) is 0 Å². The lowest BCUT2D eigenvalue weighted by Crippen LogP contribution is -2.30. The molecule has 1 heterocycles. The first-order chi connectivity index (χ1) is 25.7. The second kappa shape index (κ2) is 22.5. The minimum absolute atomic E-state index is 0.0850. The number of carboxylic acid groups (broad SMARTS) is 1. The molecule has 0 fully saturated rings. The molecule has 1 amide bonds. The van der Waals surface area contributed by atoms with E-state index in [2.05, 4.69) is 41.7 Å². The number of carbonyl (C=O) groups excluding carboxylic acids is 1. The zero-order valence-corrected chi connectivity index (χ0v) is 32.4. The van der Waals surface area contributed by atoms with Crippen molar-refractivity contribution in [3.63, 3.8) is 0 Å². The Hall–Kier alpha value is -5.40. The highest BCUT2D eigenvalue weighted by atomic mass is 35.5. The number of hydrogen-bond acceptors (Lipinski definition) is 4. The van der Waals surface area contributed by atoms with Gasteiger partial charge in [-0.15, -0.1) is 11.6 Å². The lowest BCUT2D eigenvalue weighted by atomic mass is 10.00. The lowest BCUT2D eigenvalue weighted by molar-refractivity contribution is -0.137. The number of fused-ring (bicyclic) bond motifs is 1. The van der Waals surface area contributed by atoms with E-state index in [1.165, 1.54) is 0 Å². The number of aromatic nitrogens is 2. The van der Waals surface area contributed by atoms with E-state index in [9.17, 15) is 9.59 Å². The predicted octanol–water partition coefficient (Wildman–Crippen LogP) is 11.2. The fourth-order valence-corrected chi connectivity index (χ4v) is 5.56. The summed E-state index contributed by atoms with van der Waals surface area (Å²) in [6.45, 7) is 12.5. The topological polar surface area (TPSA) is 93.5 Å². The highest BCUT2D eigenvalue weighted by molar-refractivity contribution is 6.18. The third-order valence-corrected chi connectivity index (χ3v) is 8.46. The largest absolute Gasteiger partial charge is 0.494 e. The molecular formula is C45H52ClN3O4. The van der Waals surface area contributed by atoms with Gasteiger partial charge in [0.2, 0.25) is 5.91 Å². The van der Waals surface area contributed by atoms with Crippen molar-refractivity contribution in [2.75, 3.05) is 12.5 Å². The number of benzene rings is 4. The van der Waals surface area contributed by atoms with Crippen LogP contribution in [0.5, 0.6) is 5.75 Å².